The van der Waals surface area contributed by atoms with Crippen LogP contribution >= 0.6 is 0 Å². The van der Waals surface area contributed by atoms with Crippen LogP contribution in [0.5, 0.6) is 0 Å². The van der Waals surface area contributed by atoms with Gasteiger partial charge in [0.1, 0.15) is 0 Å². The van der Waals surface area contributed by atoms with E-state index in [0.717, 1.165) is 25.6 Å². The van der Waals surface area contributed by atoms with Gasteiger partial charge in [-0.15, -0.1) is 0 Å². The zero-order chi connectivity index (χ0) is 11.9. The van der Waals surface area contributed by atoms with Crippen LogP contribution in [0.25, 0.3) is 0 Å². The second kappa shape index (κ2) is 6.62. The smallest absolute Gasteiger partial charge is 0.0713 e. The van der Waals surface area contributed by atoms with Gasteiger partial charge in [0.25, 0.3) is 0 Å². The molecular weight excluding hydrogens is 212 g/mol. The fourth-order valence-electron chi connectivity index (χ4n) is 2.29. The average Bonchev–Trinajstić information content (AvgIpc) is 2.39. The third-order valence-corrected chi connectivity index (χ3v) is 3.29. The van der Waals surface area contributed by atoms with Crippen molar-refractivity contribution in [2.45, 2.75) is 19.4 Å². The fraction of sp³-hybridized carbons (Fsp3) is 0.571. The van der Waals surface area contributed by atoms with E-state index in [1.54, 1.807) is 7.11 Å². The molecule has 1 aromatic rings. The molecule has 0 spiro atoms. The second-order valence-electron chi connectivity index (χ2n) is 4.71. The molecule has 1 saturated heterocycles. The van der Waals surface area contributed by atoms with Crippen molar-refractivity contribution in [3.8, 4) is 0 Å². The molecule has 94 valence electrons. The Kier molecular flexibility index (Phi) is 4.83. The maximum atomic E-state index is 5.14. The molecule has 0 aliphatic carbocycles. The first-order valence-electron chi connectivity index (χ1n) is 6.41. The molecule has 17 heavy (non-hydrogen) atoms. The highest BCUT2D eigenvalue weighted by Crippen LogP contribution is 2.15. The lowest BCUT2D eigenvalue weighted by molar-refractivity contribution is 0.185. The molecule has 0 atom stereocenters. The van der Waals surface area contributed by atoms with Crippen molar-refractivity contribution in [1.82, 2.24) is 5.32 Å². The lowest BCUT2D eigenvalue weighted by Gasteiger charge is -2.23. The lowest BCUT2D eigenvalue weighted by atomic mass is 9.98. The summed E-state index contributed by atoms with van der Waals surface area (Å²) in [6.07, 6.45) is 2.57. The van der Waals surface area contributed by atoms with Crippen LogP contribution in [0, 0.1) is 5.92 Å². The summed E-state index contributed by atoms with van der Waals surface area (Å²) in [6, 6.07) is 8.48. The summed E-state index contributed by atoms with van der Waals surface area (Å²) in [5.41, 5.74) is 2.43. The number of benzene rings is 1. The summed E-state index contributed by atoms with van der Waals surface area (Å²) in [6.45, 7) is 4.09. The monoisotopic (exact) mass is 234 g/mol. The molecule has 1 aliphatic heterocycles. The molecule has 2 rings (SSSR count). The van der Waals surface area contributed by atoms with Gasteiger partial charge in [0, 0.05) is 19.3 Å². The summed E-state index contributed by atoms with van der Waals surface area (Å²) >= 11 is 0. The van der Waals surface area contributed by atoms with Crippen molar-refractivity contribution in [1.29, 1.82) is 0 Å². The molecule has 2 N–H and O–H groups in total. The van der Waals surface area contributed by atoms with Crippen LogP contribution in [0.2, 0.25) is 0 Å². The van der Waals surface area contributed by atoms with E-state index in [9.17, 15) is 0 Å². The van der Waals surface area contributed by atoms with Gasteiger partial charge in [0.2, 0.25) is 0 Å². The Balaban J connectivity index is 1.83. The van der Waals surface area contributed by atoms with Crippen molar-refractivity contribution < 1.29 is 4.74 Å². The first kappa shape index (κ1) is 12.4. The summed E-state index contributed by atoms with van der Waals surface area (Å²) < 4.78 is 5.14. The molecule has 1 fully saturated rings. The minimum absolute atomic E-state index is 0.683. The number of methoxy groups -OCH3 is 1. The van der Waals surface area contributed by atoms with E-state index < -0.39 is 0 Å². The topological polar surface area (TPSA) is 33.3 Å². The van der Waals surface area contributed by atoms with Gasteiger partial charge >= 0.3 is 0 Å². The van der Waals surface area contributed by atoms with Gasteiger partial charge in [0.05, 0.1) is 6.61 Å². The molecule has 0 aromatic heterocycles. The summed E-state index contributed by atoms with van der Waals surface area (Å²) in [5.74, 6) is 0.808. The number of piperidine rings is 1. The average molecular weight is 234 g/mol. The molecule has 0 bridgehead atoms. The van der Waals surface area contributed by atoms with Crippen molar-refractivity contribution in [2.24, 2.45) is 5.92 Å². The van der Waals surface area contributed by atoms with E-state index in [-0.39, 0.29) is 0 Å². The van der Waals surface area contributed by atoms with Crippen molar-refractivity contribution in [3.63, 3.8) is 0 Å². The predicted octanol–water partition coefficient (Wildman–Crippen LogP) is 2.24. The maximum Gasteiger partial charge on any atom is 0.0713 e. The van der Waals surface area contributed by atoms with Gasteiger partial charge in [-0.3, -0.25) is 0 Å². The molecule has 0 radical (unpaired) electrons. The summed E-state index contributed by atoms with van der Waals surface area (Å²) in [7, 11) is 1.73. The highest BCUT2D eigenvalue weighted by molar-refractivity contribution is 5.45. The Hall–Kier alpha value is -1.06. The number of anilines is 1. The number of hydrogen-bond acceptors (Lipinski definition) is 3. The van der Waals surface area contributed by atoms with E-state index in [0.29, 0.717) is 6.61 Å². The van der Waals surface area contributed by atoms with E-state index >= 15 is 0 Å². The molecular formula is C14H22N2O. The van der Waals surface area contributed by atoms with Crippen LogP contribution in [0.3, 0.4) is 0 Å². The van der Waals surface area contributed by atoms with Crippen LogP contribution < -0.4 is 10.6 Å². The zero-order valence-electron chi connectivity index (χ0n) is 10.5. The minimum atomic E-state index is 0.683. The van der Waals surface area contributed by atoms with Gasteiger partial charge in [-0.1, -0.05) is 12.1 Å². The number of ether oxygens (including phenoxy) is 1. The quantitative estimate of drug-likeness (QED) is 0.820. The van der Waals surface area contributed by atoms with Crippen LogP contribution in [0.1, 0.15) is 18.4 Å². The minimum Gasteiger partial charge on any atom is -0.385 e. The van der Waals surface area contributed by atoms with Crippen molar-refractivity contribution in [2.75, 3.05) is 32.1 Å². The number of nitrogens with one attached hydrogen (secondary N) is 2. The van der Waals surface area contributed by atoms with E-state index in [1.165, 1.54) is 24.1 Å². The fourth-order valence-corrected chi connectivity index (χ4v) is 2.29. The zero-order valence-corrected chi connectivity index (χ0v) is 10.5. The van der Waals surface area contributed by atoms with Crippen LogP contribution in [-0.4, -0.2) is 26.7 Å². The largest absolute Gasteiger partial charge is 0.385 e. The Morgan fingerprint density at radius 2 is 2.18 bits per heavy atom. The van der Waals surface area contributed by atoms with Gasteiger partial charge in [-0.2, -0.15) is 0 Å². The van der Waals surface area contributed by atoms with Crippen LogP contribution in [0.15, 0.2) is 24.3 Å². The molecule has 0 unspecified atom stereocenters. The van der Waals surface area contributed by atoms with Gasteiger partial charge in [-0.05, 0) is 49.5 Å². The van der Waals surface area contributed by atoms with E-state index in [2.05, 4.69) is 34.9 Å². The second-order valence-corrected chi connectivity index (χ2v) is 4.71. The van der Waals surface area contributed by atoms with Gasteiger partial charge < -0.3 is 15.4 Å². The Morgan fingerprint density at radius 3 is 2.94 bits per heavy atom. The SMILES string of the molecule is COCc1cccc(NCC2CCNCC2)c1. The number of rotatable bonds is 5. The van der Waals surface area contributed by atoms with E-state index in [4.69, 9.17) is 4.74 Å². The molecule has 1 aliphatic rings. The standard InChI is InChI=1S/C14H22N2O/c1-17-11-13-3-2-4-14(9-13)16-10-12-5-7-15-8-6-12/h2-4,9,12,15-16H,5-8,10-11H2,1H3. The third-order valence-electron chi connectivity index (χ3n) is 3.29. The molecule has 1 aromatic carbocycles. The molecule has 0 saturated carbocycles. The molecule has 3 heteroatoms. The summed E-state index contributed by atoms with van der Waals surface area (Å²) in [4.78, 5) is 0. The highest BCUT2D eigenvalue weighted by Gasteiger charge is 2.12. The normalized spacial score (nSPS) is 17.0. The van der Waals surface area contributed by atoms with Crippen molar-refractivity contribution >= 4 is 5.69 Å². The Labute approximate surface area is 104 Å². The van der Waals surface area contributed by atoms with Gasteiger partial charge in [-0.25, -0.2) is 0 Å². The number of hydrogen-bond donors (Lipinski definition) is 2. The first-order chi connectivity index (χ1) is 8.38. The predicted molar refractivity (Wildman–Crippen MR) is 71.2 cm³/mol. The Bertz CT molecular complexity index is 335. The van der Waals surface area contributed by atoms with E-state index in [1.807, 2.05) is 0 Å². The lowest BCUT2D eigenvalue weighted by Crippen LogP contribution is -2.31. The third kappa shape index (κ3) is 4.02. The molecule has 0 amide bonds. The highest BCUT2D eigenvalue weighted by atomic mass is 16.5. The summed E-state index contributed by atoms with van der Waals surface area (Å²) in [5, 5.41) is 6.92. The van der Waals surface area contributed by atoms with Crippen LogP contribution in [0.4, 0.5) is 5.69 Å². The molecule has 1 heterocycles. The van der Waals surface area contributed by atoms with Gasteiger partial charge in [0.15, 0.2) is 0 Å². The maximum absolute atomic E-state index is 5.14. The molecule has 3 nitrogen and oxygen atoms in total. The van der Waals surface area contributed by atoms with Crippen LogP contribution in [-0.2, 0) is 11.3 Å². The first-order valence-corrected chi connectivity index (χ1v) is 6.41. The Morgan fingerprint density at radius 1 is 1.35 bits per heavy atom. The van der Waals surface area contributed by atoms with Crippen molar-refractivity contribution in [3.05, 3.63) is 29.8 Å².